The van der Waals surface area contributed by atoms with Crippen LogP contribution < -0.4 is 10.7 Å². The molecular formula is C20H17FN4O6. The molecule has 1 aromatic carbocycles. The van der Waals surface area contributed by atoms with Crippen LogP contribution in [0.5, 0.6) is 0 Å². The molecule has 2 heterocycles. The first-order valence-electron chi connectivity index (χ1n) is 9.13. The zero-order valence-corrected chi connectivity index (χ0v) is 16.5. The number of benzene rings is 1. The first-order valence-corrected chi connectivity index (χ1v) is 9.13. The molecule has 0 atom stereocenters. The van der Waals surface area contributed by atoms with E-state index in [9.17, 15) is 28.9 Å². The number of hydrogen-bond donors (Lipinski definition) is 1. The lowest BCUT2D eigenvalue weighted by Crippen LogP contribution is -2.25. The molecule has 0 aliphatic carbocycles. The van der Waals surface area contributed by atoms with E-state index in [4.69, 9.17) is 4.74 Å². The van der Waals surface area contributed by atoms with E-state index >= 15 is 0 Å². The SMILES string of the molecule is CCn1cc(C(=O)OCC(=O)Nc2ccc(F)c([N+](=O)[O-])c2)c(=O)c2ccc(C)nc21. The van der Waals surface area contributed by atoms with Crippen molar-refractivity contribution in [1.82, 2.24) is 9.55 Å². The predicted octanol–water partition coefficient (Wildman–Crippen LogP) is 2.57. The summed E-state index contributed by atoms with van der Waals surface area (Å²) in [6, 6.07) is 6.01. The number of amides is 1. The molecule has 3 rings (SSSR count). The molecule has 0 saturated heterocycles. The Morgan fingerprint density at radius 1 is 1.29 bits per heavy atom. The average molecular weight is 428 g/mol. The van der Waals surface area contributed by atoms with Gasteiger partial charge >= 0.3 is 11.7 Å². The number of fused-ring (bicyclic) bond motifs is 1. The van der Waals surface area contributed by atoms with Gasteiger partial charge in [0.2, 0.25) is 11.2 Å². The van der Waals surface area contributed by atoms with Crippen molar-refractivity contribution in [1.29, 1.82) is 0 Å². The lowest BCUT2D eigenvalue weighted by Gasteiger charge is -2.11. The van der Waals surface area contributed by atoms with Gasteiger partial charge in [-0.1, -0.05) is 0 Å². The molecule has 0 radical (unpaired) electrons. The fourth-order valence-electron chi connectivity index (χ4n) is 2.88. The summed E-state index contributed by atoms with van der Waals surface area (Å²) in [6.07, 6.45) is 1.32. The maximum absolute atomic E-state index is 13.4. The predicted molar refractivity (Wildman–Crippen MR) is 108 cm³/mol. The summed E-state index contributed by atoms with van der Waals surface area (Å²) >= 11 is 0. The Bertz CT molecular complexity index is 1270. The largest absolute Gasteiger partial charge is 0.452 e. The monoisotopic (exact) mass is 428 g/mol. The third-order valence-corrected chi connectivity index (χ3v) is 4.38. The standard InChI is InChI=1S/C20H17FN4O6/c1-3-24-9-14(18(27)13-6-4-11(2)22-19(13)24)20(28)31-10-17(26)23-12-5-7-15(21)16(8-12)25(29)30/h4-9H,3,10H2,1-2H3,(H,23,26). The fraction of sp³-hybridized carbons (Fsp3) is 0.200. The van der Waals surface area contributed by atoms with Gasteiger partial charge in [0.1, 0.15) is 11.2 Å². The number of anilines is 1. The van der Waals surface area contributed by atoms with Crippen LogP contribution in [0.25, 0.3) is 11.0 Å². The molecule has 1 N–H and O–H groups in total. The number of pyridine rings is 2. The highest BCUT2D eigenvalue weighted by atomic mass is 19.1. The first kappa shape index (κ1) is 21.6. The number of halogens is 1. The maximum Gasteiger partial charge on any atom is 0.344 e. The minimum Gasteiger partial charge on any atom is -0.452 e. The van der Waals surface area contributed by atoms with E-state index in [1.54, 1.807) is 23.6 Å². The van der Waals surface area contributed by atoms with Gasteiger partial charge in [0, 0.05) is 30.2 Å². The molecule has 10 nitrogen and oxygen atoms in total. The second-order valence-electron chi connectivity index (χ2n) is 6.53. The fourth-order valence-corrected chi connectivity index (χ4v) is 2.88. The van der Waals surface area contributed by atoms with E-state index in [1.165, 1.54) is 6.20 Å². The summed E-state index contributed by atoms with van der Waals surface area (Å²) in [5.74, 6) is -2.87. The summed E-state index contributed by atoms with van der Waals surface area (Å²) in [7, 11) is 0. The van der Waals surface area contributed by atoms with Crippen molar-refractivity contribution in [3.8, 4) is 0 Å². The third-order valence-electron chi connectivity index (χ3n) is 4.38. The summed E-state index contributed by atoms with van der Waals surface area (Å²) in [5, 5.41) is 13.3. The number of hydrogen-bond acceptors (Lipinski definition) is 7. The van der Waals surface area contributed by atoms with Gasteiger partial charge in [-0.3, -0.25) is 19.7 Å². The van der Waals surface area contributed by atoms with Crippen LogP contribution in [0, 0.1) is 22.9 Å². The highest BCUT2D eigenvalue weighted by Gasteiger charge is 2.19. The van der Waals surface area contributed by atoms with E-state index < -0.39 is 40.3 Å². The number of aryl methyl sites for hydroxylation is 2. The third kappa shape index (κ3) is 4.55. The van der Waals surface area contributed by atoms with Crippen molar-refractivity contribution in [2.45, 2.75) is 20.4 Å². The minimum atomic E-state index is -1.05. The Morgan fingerprint density at radius 2 is 2.03 bits per heavy atom. The van der Waals surface area contributed by atoms with Crippen molar-refractivity contribution in [2.24, 2.45) is 0 Å². The van der Waals surface area contributed by atoms with Gasteiger partial charge in [0.15, 0.2) is 6.61 Å². The van der Waals surface area contributed by atoms with E-state index in [2.05, 4.69) is 10.3 Å². The zero-order chi connectivity index (χ0) is 22.7. The number of ether oxygens (including phenoxy) is 1. The Morgan fingerprint density at radius 3 is 2.71 bits per heavy atom. The summed E-state index contributed by atoms with van der Waals surface area (Å²) in [4.78, 5) is 51.3. The van der Waals surface area contributed by atoms with Crippen LogP contribution in [0.3, 0.4) is 0 Å². The van der Waals surface area contributed by atoms with E-state index in [-0.39, 0.29) is 16.6 Å². The Hall–Kier alpha value is -4.15. The average Bonchev–Trinajstić information content (AvgIpc) is 2.73. The molecule has 1 amide bonds. The van der Waals surface area contributed by atoms with Gasteiger partial charge in [0.25, 0.3) is 5.91 Å². The summed E-state index contributed by atoms with van der Waals surface area (Å²) < 4.78 is 19.9. The Balaban J connectivity index is 1.76. The number of aromatic nitrogens is 2. The second-order valence-corrected chi connectivity index (χ2v) is 6.53. The molecule has 0 bridgehead atoms. The van der Waals surface area contributed by atoms with Gasteiger partial charge in [-0.25, -0.2) is 9.78 Å². The van der Waals surface area contributed by atoms with E-state index in [0.29, 0.717) is 17.9 Å². The van der Waals surface area contributed by atoms with Crippen LogP contribution in [-0.2, 0) is 16.1 Å². The Kier molecular flexibility index (Phi) is 6.05. The highest BCUT2D eigenvalue weighted by molar-refractivity contribution is 5.97. The lowest BCUT2D eigenvalue weighted by atomic mass is 10.2. The number of carbonyl (C=O) groups is 2. The minimum absolute atomic E-state index is 0.0466. The highest BCUT2D eigenvalue weighted by Crippen LogP contribution is 2.21. The molecule has 31 heavy (non-hydrogen) atoms. The smallest absolute Gasteiger partial charge is 0.344 e. The van der Waals surface area contributed by atoms with E-state index in [0.717, 1.165) is 18.2 Å². The van der Waals surface area contributed by atoms with Crippen molar-refractivity contribution in [2.75, 3.05) is 11.9 Å². The quantitative estimate of drug-likeness (QED) is 0.362. The number of nitro groups is 1. The maximum atomic E-state index is 13.4. The van der Waals surface area contributed by atoms with Gasteiger partial charge in [-0.15, -0.1) is 0 Å². The van der Waals surface area contributed by atoms with Gasteiger partial charge < -0.3 is 14.6 Å². The molecule has 3 aromatic rings. The molecule has 160 valence electrons. The van der Waals surface area contributed by atoms with Gasteiger partial charge in [0.05, 0.1) is 10.3 Å². The Labute approximate surface area is 174 Å². The number of nitrogens with zero attached hydrogens (tertiary/aromatic N) is 3. The molecule has 0 aliphatic heterocycles. The summed E-state index contributed by atoms with van der Waals surface area (Å²) in [6.45, 7) is 3.29. The van der Waals surface area contributed by atoms with Crippen LogP contribution in [0.1, 0.15) is 23.0 Å². The topological polar surface area (TPSA) is 133 Å². The number of nitrogens with one attached hydrogen (secondary N) is 1. The number of esters is 1. The number of nitro benzene ring substituents is 1. The summed E-state index contributed by atoms with van der Waals surface area (Å²) in [5.41, 5.74) is -0.552. The van der Waals surface area contributed by atoms with Crippen molar-refractivity contribution >= 4 is 34.3 Å². The van der Waals surface area contributed by atoms with Crippen LogP contribution in [0.2, 0.25) is 0 Å². The molecule has 0 spiro atoms. The second kappa shape index (κ2) is 8.69. The van der Waals surface area contributed by atoms with Gasteiger partial charge in [-0.2, -0.15) is 4.39 Å². The van der Waals surface area contributed by atoms with Crippen LogP contribution in [-0.4, -0.2) is 33.0 Å². The molecule has 2 aromatic heterocycles. The van der Waals surface area contributed by atoms with Gasteiger partial charge in [-0.05, 0) is 38.1 Å². The molecule has 0 fully saturated rings. The molecule has 0 aliphatic rings. The van der Waals surface area contributed by atoms with Crippen molar-refractivity contribution in [3.63, 3.8) is 0 Å². The number of carbonyl (C=O) groups excluding carboxylic acids is 2. The van der Waals surface area contributed by atoms with Crippen LogP contribution >= 0.6 is 0 Å². The van der Waals surface area contributed by atoms with Crippen LogP contribution in [0.4, 0.5) is 15.8 Å². The van der Waals surface area contributed by atoms with Crippen molar-refractivity contribution < 1.29 is 23.6 Å². The number of rotatable bonds is 6. The first-order chi connectivity index (χ1) is 14.7. The zero-order valence-electron chi connectivity index (χ0n) is 16.5. The normalized spacial score (nSPS) is 10.7. The molecule has 0 saturated carbocycles. The molecule has 11 heteroatoms. The van der Waals surface area contributed by atoms with Crippen molar-refractivity contribution in [3.05, 3.63) is 73.9 Å². The van der Waals surface area contributed by atoms with E-state index in [1.807, 2.05) is 6.92 Å². The molecule has 0 unspecified atom stereocenters. The molecular weight excluding hydrogens is 411 g/mol. The van der Waals surface area contributed by atoms with Crippen LogP contribution in [0.15, 0.2) is 41.3 Å². The lowest BCUT2D eigenvalue weighted by molar-refractivity contribution is -0.387.